The zero-order chi connectivity index (χ0) is 36.4. The molecule has 1 aliphatic heterocycles. The van der Waals surface area contributed by atoms with E-state index in [1.165, 1.54) is 0 Å². The van der Waals surface area contributed by atoms with E-state index in [4.69, 9.17) is 30.1 Å². The van der Waals surface area contributed by atoms with Gasteiger partial charge in [0.05, 0.1) is 25.8 Å². The number of ether oxygens (including phenoxy) is 2. The number of alkyl carbamates (subject to hydrolysis) is 1. The third-order valence-electron chi connectivity index (χ3n) is 9.85. The number of benzene rings is 2. The molecule has 280 valence electrons. The Morgan fingerprint density at radius 1 is 1.04 bits per heavy atom. The average molecular weight is 748 g/mol. The molecular formula is C37H51ClN3O9P. The number of amides is 3. The van der Waals surface area contributed by atoms with Crippen LogP contribution in [0.15, 0.2) is 48.5 Å². The summed E-state index contributed by atoms with van der Waals surface area (Å²) in [6.07, 6.45) is 5.74. The zero-order valence-corrected chi connectivity index (χ0v) is 31.2. The van der Waals surface area contributed by atoms with Crippen molar-refractivity contribution < 1.29 is 42.6 Å². The number of hydrogen-bond acceptors (Lipinski definition) is 9. The molecule has 2 saturated carbocycles. The van der Waals surface area contributed by atoms with E-state index >= 15 is 0 Å². The smallest absolute Gasteiger partial charge is 0.408 e. The van der Waals surface area contributed by atoms with E-state index in [1.807, 2.05) is 30.3 Å². The Kier molecular flexibility index (Phi) is 13.8. The number of para-hydroxylation sites is 1. The third-order valence-corrected chi connectivity index (χ3v) is 12.3. The van der Waals surface area contributed by atoms with E-state index in [9.17, 15) is 24.1 Å². The highest BCUT2D eigenvalue weighted by Crippen LogP contribution is 2.53. The summed E-state index contributed by atoms with van der Waals surface area (Å²) in [4.78, 5) is 42.8. The number of fused-ring (bicyclic) bond motifs is 1. The first-order chi connectivity index (χ1) is 24.6. The molecule has 2 aromatic rings. The Bertz CT molecular complexity index is 1540. The van der Waals surface area contributed by atoms with Gasteiger partial charge in [-0.05, 0) is 69.2 Å². The number of hydrogen-bond donors (Lipinski definition) is 3. The fourth-order valence-corrected chi connectivity index (χ4v) is 8.95. The molecule has 3 N–H and O–H groups in total. The normalized spacial score (nSPS) is 19.0. The summed E-state index contributed by atoms with van der Waals surface area (Å²) < 4.78 is 36.4. The maximum Gasteiger partial charge on any atom is 0.408 e. The Hall–Kier alpha value is -3.15. The molecule has 1 unspecified atom stereocenters. The molecular weight excluding hydrogens is 697 g/mol. The minimum Gasteiger partial charge on any atom is -0.491 e. The van der Waals surface area contributed by atoms with Gasteiger partial charge in [-0.3, -0.25) is 14.2 Å². The Morgan fingerprint density at radius 3 is 2.45 bits per heavy atom. The number of carbonyl (C=O) groups excluding carboxylic acids is 3. The molecule has 0 aromatic heterocycles. The Labute approximate surface area is 305 Å². The van der Waals surface area contributed by atoms with Gasteiger partial charge in [0.1, 0.15) is 24.0 Å². The standard InChI is InChI=1S/C37H51ClN3O9P/c1-3-48-51(46,49-4-2)35(44)30(17-18-33(42)41-21-22-47-32-16-9-8-13-27(32)25-41)39-34(43)31(23-26-11-6-5-7-12-26)40-36(45)50-37(19-20-37)28-14-10-15-29(38)24-28/h8-10,13-16,24,26,30-31,35,44H,3-7,11-12,17-23,25H2,1-2H3,(H,39,43)(H,40,45)/t30-,31-,35?/m0/s1. The highest BCUT2D eigenvalue weighted by atomic mass is 35.5. The summed E-state index contributed by atoms with van der Waals surface area (Å²) in [6.45, 7) is 4.26. The van der Waals surface area contributed by atoms with Crippen molar-refractivity contribution in [3.05, 3.63) is 64.7 Å². The van der Waals surface area contributed by atoms with Crippen molar-refractivity contribution in [1.29, 1.82) is 0 Å². The van der Waals surface area contributed by atoms with Crippen molar-refractivity contribution in [2.24, 2.45) is 5.92 Å². The van der Waals surface area contributed by atoms with Crippen molar-refractivity contribution in [2.45, 2.75) is 108 Å². The van der Waals surface area contributed by atoms with Crippen LogP contribution in [0.4, 0.5) is 4.79 Å². The van der Waals surface area contributed by atoms with Gasteiger partial charge in [0.25, 0.3) is 0 Å². The summed E-state index contributed by atoms with van der Waals surface area (Å²) in [5.41, 5.74) is 0.839. The van der Waals surface area contributed by atoms with Crippen molar-refractivity contribution in [3.63, 3.8) is 0 Å². The molecule has 12 nitrogen and oxygen atoms in total. The Morgan fingerprint density at radius 2 is 1.76 bits per heavy atom. The van der Waals surface area contributed by atoms with Crippen LogP contribution in [0.5, 0.6) is 5.75 Å². The van der Waals surface area contributed by atoms with Gasteiger partial charge in [0.15, 0.2) is 5.85 Å². The van der Waals surface area contributed by atoms with E-state index in [0.717, 1.165) is 49.0 Å². The Balaban J connectivity index is 1.33. The molecule has 1 heterocycles. The number of aliphatic hydroxyl groups excluding tert-OH is 1. The van der Waals surface area contributed by atoms with Gasteiger partial charge >= 0.3 is 13.7 Å². The topological polar surface area (TPSA) is 153 Å². The first kappa shape index (κ1) is 39.1. The quantitative estimate of drug-likeness (QED) is 0.160. The monoisotopic (exact) mass is 747 g/mol. The summed E-state index contributed by atoms with van der Waals surface area (Å²) in [7, 11) is -4.14. The van der Waals surface area contributed by atoms with Crippen molar-refractivity contribution in [1.82, 2.24) is 15.5 Å². The average Bonchev–Trinajstić information content (AvgIpc) is 3.93. The molecule has 2 aromatic carbocycles. The second-order valence-electron chi connectivity index (χ2n) is 13.5. The highest BCUT2D eigenvalue weighted by Gasteiger charge is 2.49. The van der Waals surface area contributed by atoms with Crippen LogP contribution in [0.3, 0.4) is 0 Å². The molecule has 5 rings (SSSR count). The lowest BCUT2D eigenvalue weighted by Crippen LogP contribution is -2.53. The number of rotatable bonds is 16. The molecule has 3 atom stereocenters. The predicted octanol–water partition coefficient (Wildman–Crippen LogP) is 6.67. The molecule has 3 aliphatic rings. The lowest BCUT2D eigenvalue weighted by Gasteiger charge is -2.32. The lowest BCUT2D eigenvalue weighted by atomic mass is 9.84. The maximum atomic E-state index is 14.1. The van der Waals surface area contributed by atoms with E-state index in [2.05, 4.69) is 10.6 Å². The number of nitrogens with one attached hydrogen (secondary N) is 2. The fourth-order valence-electron chi connectivity index (χ4n) is 7.00. The SMILES string of the molecule is CCOP(=O)(OCC)C(O)[C@H](CCC(=O)N1CCOc2ccccc2C1)NC(=O)[C@H](CC1CCCCC1)NC(=O)OC1(c2cccc(Cl)c2)CC1. The molecule has 0 saturated heterocycles. The van der Waals surface area contributed by atoms with Crippen LogP contribution in [-0.2, 0) is 40.1 Å². The van der Waals surface area contributed by atoms with Gasteiger partial charge in [0.2, 0.25) is 11.8 Å². The fraction of sp³-hybridized carbons (Fsp3) is 0.595. The third kappa shape index (κ3) is 10.5. The molecule has 0 radical (unpaired) electrons. The van der Waals surface area contributed by atoms with Gasteiger partial charge in [-0.1, -0.05) is 74.0 Å². The van der Waals surface area contributed by atoms with E-state index in [1.54, 1.807) is 36.9 Å². The minimum atomic E-state index is -4.14. The second kappa shape index (κ2) is 18.1. The minimum absolute atomic E-state index is 0.00675. The molecule has 0 spiro atoms. The van der Waals surface area contributed by atoms with Crippen LogP contribution in [0.2, 0.25) is 5.02 Å². The van der Waals surface area contributed by atoms with Crippen LogP contribution >= 0.6 is 19.2 Å². The molecule has 2 aliphatic carbocycles. The first-order valence-electron chi connectivity index (χ1n) is 18.2. The van der Waals surface area contributed by atoms with Crippen LogP contribution in [0, 0.1) is 5.92 Å². The molecule has 0 bridgehead atoms. The largest absolute Gasteiger partial charge is 0.491 e. The number of aliphatic hydroxyl groups is 1. The summed E-state index contributed by atoms with van der Waals surface area (Å²) in [5.74, 6) is -1.67. The van der Waals surface area contributed by atoms with Crippen LogP contribution in [-0.4, -0.2) is 72.2 Å². The lowest BCUT2D eigenvalue weighted by molar-refractivity contribution is -0.133. The summed E-state index contributed by atoms with van der Waals surface area (Å²) >= 11 is 6.22. The number of halogens is 1. The van der Waals surface area contributed by atoms with Gasteiger partial charge < -0.3 is 39.2 Å². The van der Waals surface area contributed by atoms with Crippen LogP contribution < -0.4 is 15.4 Å². The van der Waals surface area contributed by atoms with Crippen LogP contribution in [0.1, 0.15) is 89.2 Å². The molecule has 51 heavy (non-hydrogen) atoms. The molecule has 2 fully saturated rings. The van der Waals surface area contributed by atoms with Gasteiger partial charge in [-0.25, -0.2) is 4.79 Å². The van der Waals surface area contributed by atoms with E-state index < -0.39 is 43.1 Å². The molecule has 14 heteroatoms. The van der Waals surface area contributed by atoms with Crippen LogP contribution in [0.25, 0.3) is 0 Å². The highest BCUT2D eigenvalue weighted by molar-refractivity contribution is 7.54. The van der Waals surface area contributed by atoms with Gasteiger partial charge in [-0.2, -0.15) is 0 Å². The van der Waals surface area contributed by atoms with E-state index in [0.29, 0.717) is 44.0 Å². The van der Waals surface area contributed by atoms with Crippen molar-refractivity contribution >= 4 is 37.1 Å². The van der Waals surface area contributed by atoms with Crippen molar-refractivity contribution in [2.75, 3.05) is 26.4 Å². The zero-order valence-electron chi connectivity index (χ0n) is 29.5. The van der Waals surface area contributed by atoms with E-state index in [-0.39, 0.29) is 37.9 Å². The number of nitrogens with zero attached hydrogens (tertiary/aromatic N) is 1. The van der Waals surface area contributed by atoms with Crippen molar-refractivity contribution in [3.8, 4) is 5.75 Å². The summed E-state index contributed by atoms with van der Waals surface area (Å²) in [5, 5.41) is 17.7. The maximum absolute atomic E-state index is 14.1. The van der Waals surface area contributed by atoms with Gasteiger partial charge in [-0.15, -0.1) is 0 Å². The number of carbonyl (C=O) groups is 3. The molecule has 3 amide bonds. The first-order valence-corrected chi connectivity index (χ1v) is 20.2. The predicted molar refractivity (Wildman–Crippen MR) is 192 cm³/mol. The van der Waals surface area contributed by atoms with Gasteiger partial charge in [0, 0.05) is 23.6 Å². The second-order valence-corrected chi connectivity index (χ2v) is 16.1. The summed E-state index contributed by atoms with van der Waals surface area (Å²) in [6, 6.07) is 12.5.